The molecular weight excluding hydrogens is 402 g/mol. The summed E-state index contributed by atoms with van der Waals surface area (Å²) < 4.78 is 11.1. The van der Waals surface area contributed by atoms with E-state index in [1.165, 1.54) is 11.3 Å². The van der Waals surface area contributed by atoms with Crippen molar-refractivity contribution >= 4 is 23.3 Å². The molecule has 0 radical (unpaired) electrons. The van der Waals surface area contributed by atoms with Gasteiger partial charge in [0.25, 0.3) is 0 Å². The van der Waals surface area contributed by atoms with Crippen molar-refractivity contribution in [2.24, 2.45) is 0 Å². The van der Waals surface area contributed by atoms with Gasteiger partial charge in [-0.05, 0) is 39.8 Å². The Morgan fingerprint density at radius 2 is 1.77 bits per heavy atom. The molecule has 8 heteroatoms. The lowest BCUT2D eigenvalue weighted by Gasteiger charge is -2.35. The van der Waals surface area contributed by atoms with Gasteiger partial charge in [0, 0.05) is 31.6 Å². The lowest BCUT2D eigenvalue weighted by molar-refractivity contribution is -0.132. The van der Waals surface area contributed by atoms with Gasteiger partial charge < -0.3 is 19.3 Å². The first-order valence-electron chi connectivity index (χ1n) is 10.2. The van der Waals surface area contributed by atoms with Gasteiger partial charge in [0.05, 0.1) is 24.3 Å². The van der Waals surface area contributed by atoms with Crippen LogP contribution >= 0.6 is 11.3 Å². The molecule has 1 aromatic carbocycles. The summed E-state index contributed by atoms with van der Waals surface area (Å²) in [4.78, 5) is 33.0. The third kappa shape index (κ3) is 5.72. The quantitative estimate of drug-likeness (QED) is 0.719. The summed E-state index contributed by atoms with van der Waals surface area (Å²) in [6, 6.07) is 7.79. The van der Waals surface area contributed by atoms with E-state index in [4.69, 9.17) is 9.47 Å². The Hall–Kier alpha value is -2.61. The number of amides is 2. The fraction of sp³-hybridized carbons (Fsp3) is 0.500. The zero-order valence-electron chi connectivity index (χ0n) is 18.0. The van der Waals surface area contributed by atoms with Crippen LogP contribution in [0.15, 0.2) is 29.6 Å². The van der Waals surface area contributed by atoms with E-state index in [1.807, 2.05) is 57.3 Å². The Balaban J connectivity index is 1.56. The normalized spacial score (nSPS) is 14.5. The second-order valence-corrected chi connectivity index (χ2v) is 8.96. The number of piperazine rings is 1. The van der Waals surface area contributed by atoms with Crippen LogP contribution in [0.4, 0.5) is 4.79 Å². The molecule has 1 fully saturated rings. The first-order chi connectivity index (χ1) is 14.3. The average Bonchev–Trinajstić information content (AvgIpc) is 3.16. The number of carbonyl (C=O) groups is 2. The maximum atomic E-state index is 12.7. The van der Waals surface area contributed by atoms with E-state index in [-0.39, 0.29) is 18.4 Å². The first kappa shape index (κ1) is 22.1. The van der Waals surface area contributed by atoms with Crippen LogP contribution in [0.3, 0.4) is 0 Å². The van der Waals surface area contributed by atoms with Gasteiger partial charge in [0.1, 0.15) is 16.4 Å². The van der Waals surface area contributed by atoms with Crippen LogP contribution in [0.5, 0.6) is 5.75 Å². The van der Waals surface area contributed by atoms with Crippen molar-refractivity contribution in [2.75, 3.05) is 32.8 Å². The van der Waals surface area contributed by atoms with Crippen LogP contribution < -0.4 is 4.74 Å². The van der Waals surface area contributed by atoms with Crippen molar-refractivity contribution < 1.29 is 19.1 Å². The molecule has 30 heavy (non-hydrogen) atoms. The second-order valence-electron chi connectivity index (χ2n) is 8.10. The van der Waals surface area contributed by atoms with Gasteiger partial charge in [0.15, 0.2) is 0 Å². The van der Waals surface area contributed by atoms with E-state index in [0.29, 0.717) is 32.8 Å². The Morgan fingerprint density at radius 3 is 2.43 bits per heavy atom. The van der Waals surface area contributed by atoms with Gasteiger partial charge in [0.2, 0.25) is 5.91 Å². The van der Waals surface area contributed by atoms with Crippen LogP contribution in [0, 0.1) is 0 Å². The molecule has 0 unspecified atom stereocenters. The van der Waals surface area contributed by atoms with Gasteiger partial charge in [-0.3, -0.25) is 4.79 Å². The number of rotatable bonds is 5. The number of ether oxygens (including phenoxy) is 2. The van der Waals surface area contributed by atoms with E-state index < -0.39 is 5.60 Å². The first-order valence-corrected chi connectivity index (χ1v) is 11.1. The monoisotopic (exact) mass is 431 g/mol. The van der Waals surface area contributed by atoms with E-state index in [9.17, 15) is 9.59 Å². The Kier molecular flexibility index (Phi) is 6.97. The number of nitrogens with zero attached hydrogens (tertiary/aromatic N) is 3. The van der Waals surface area contributed by atoms with Crippen molar-refractivity contribution in [2.45, 2.75) is 39.7 Å². The summed E-state index contributed by atoms with van der Waals surface area (Å²) in [5.41, 5.74) is 1.17. The number of hydrogen-bond acceptors (Lipinski definition) is 6. The van der Waals surface area contributed by atoms with Crippen LogP contribution in [-0.4, -0.2) is 65.2 Å². The fourth-order valence-corrected chi connectivity index (χ4v) is 4.02. The molecule has 1 aliphatic heterocycles. The molecule has 0 atom stereocenters. The van der Waals surface area contributed by atoms with Crippen LogP contribution in [-0.2, 0) is 16.0 Å². The van der Waals surface area contributed by atoms with Crippen molar-refractivity contribution in [3.05, 3.63) is 35.3 Å². The molecule has 0 saturated carbocycles. The van der Waals surface area contributed by atoms with Crippen molar-refractivity contribution in [3.8, 4) is 16.3 Å². The summed E-state index contributed by atoms with van der Waals surface area (Å²) in [5, 5.41) is 2.77. The zero-order valence-corrected chi connectivity index (χ0v) is 18.8. The molecule has 2 aromatic rings. The molecule has 1 saturated heterocycles. The van der Waals surface area contributed by atoms with Crippen LogP contribution in [0.25, 0.3) is 10.6 Å². The predicted octanol–water partition coefficient (Wildman–Crippen LogP) is 3.83. The molecule has 1 aromatic heterocycles. The second kappa shape index (κ2) is 9.47. The maximum Gasteiger partial charge on any atom is 0.410 e. The van der Waals surface area contributed by atoms with E-state index in [0.717, 1.165) is 22.0 Å². The molecular formula is C22H29N3O4S. The topological polar surface area (TPSA) is 72.0 Å². The van der Waals surface area contributed by atoms with Gasteiger partial charge in [-0.2, -0.15) is 0 Å². The molecule has 0 spiro atoms. The molecule has 162 valence electrons. The Morgan fingerprint density at radius 1 is 1.10 bits per heavy atom. The SMILES string of the molecule is CCOc1ccccc1-c1nc(CC(=O)N2CCN(C(=O)OC(C)(C)C)CC2)cs1. The van der Waals surface area contributed by atoms with Crippen LogP contribution in [0.1, 0.15) is 33.4 Å². The average molecular weight is 432 g/mol. The van der Waals surface area contributed by atoms with Crippen molar-refractivity contribution in [1.29, 1.82) is 0 Å². The Labute approximate surface area is 181 Å². The van der Waals surface area contributed by atoms with E-state index in [1.54, 1.807) is 9.80 Å². The molecule has 0 bridgehead atoms. The van der Waals surface area contributed by atoms with E-state index >= 15 is 0 Å². The number of hydrogen-bond donors (Lipinski definition) is 0. The highest BCUT2D eigenvalue weighted by atomic mass is 32.1. The summed E-state index contributed by atoms with van der Waals surface area (Å²) in [7, 11) is 0. The predicted molar refractivity (Wildman–Crippen MR) is 117 cm³/mol. The molecule has 0 aliphatic carbocycles. The largest absolute Gasteiger partial charge is 0.493 e. The molecule has 7 nitrogen and oxygen atoms in total. The molecule has 1 aliphatic rings. The highest BCUT2D eigenvalue weighted by Crippen LogP contribution is 2.32. The third-order valence-electron chi connectivity index (χ3n) is 4.59. The summed E-state index contributed by atoms with van der Waals surface area (Å²) in [6.07, 6.45) is -0.0774. The minimum Gasteiger partial charge on any atom is -0.493 e. The number of carbonyl (C=O) groups excluding carboxylic acids is 2. The smallest absolute Gasteiger partial charge is 0.410 e. The minimum atomic E-state index is -0.521. The number of thiazole rings is 1. The van der Waals surface area contributed by atoms with Crippen molar-refractivity contribution in [3.63, 3.8) is 0 Å². The molecule has 2 heterocycles. The lowest BCUT2D eigenvalue weighted by Crippen LogP contribution is -2.52. The van der Waals surface area contributed by atoms with Gasteiger partial charge >= 0.3 is 6.09 Å². The number of para-hydroxylation sites is 1. The fourth-order valence-electron chi connectivity index (χ4n) is 3.17. The molecule has 2 amide bonds. The van der Waals surface area contributed by atoms with E-state index in [2.05, 4.69) is 4.98 Å². The van der Waals surface area contributed by atoms with Crippen LogP contribution in [0.2, 0.25) is 0 Å². The Bertz CT molecular complexity index is 883. The van der Waals surface area contributed by atoms with Crippen molar-refractivity contribution in [1.82, 2.24) is 14.8 Å². The van der Waals surface area contributed by atoms with Gasteiger partial charge in [-0.15, -0.1) is 11.3 Å². The number of aromatic nitrogens is 1. The summed E-state index contributed by atoms with van der Waals surface area (Å²) in [6.45, 7) is 10.0. The standard InChI is InChI=1S/C22H29N3O4S/c1-5-28-18-9-7-6-8-17(18)20-23-16(15-30-20)14-19(26)24-10-12-25(13-11-24)21(27)29-22(2,3)4/h6-9,15H,5,10-14H2,1-4H3. The minimum absolute atomic E-state index is 0.0220. The number of benzene rings is 1. The third-order valence-corrected chi connectivity index (χ3v) is 5.51. The van der Waals surface area contributed by atoms with Gasteiger partial charge in [-0.25, -0.2) is 9.78 Å². The maximum absolute atomic E-state index is 12.7. The molecule has 0 N–H and O–H groups in total. The zero-order chi connectivity index (χ0) is 21.7. The lowest BCUT2D eigenvalue weighted by atomic mass is 10.2. The highest BCUT2D eigenvalue weighted by molar-refractivity contribution is 7.13. The molecule has 3 rings (SSSR count). The van der Waals surface area contributed by atoms with Gasteiger partial charge in [-0.1, -0.05) is 12.1 Å². The summed E-state index contributed by atoms with van der Waals surface area (Å²) >= 11 is 1.51. The summed E-state index contributed by atoms with van der Waals surface area (Å²) in [5.74, 6) is 0.819. The highest BCUT2D eigenvalue weighted by Gasteiger charge is 2.28.